The Bertz CT molecular complexity index is 461. The van der Waals surface area contributed by atoms with Gasteiger partial charge in [0.2, 0.25) is 0 Å². The monoisotopic (exact) mass is 226 g/mol. The molecule has 2 aromatic heterocycles. The van der Waals surface area contributed by atoms with E-state index in [9.17, 15) is 4.79 Å². The van der Waals surface area contributed by atoms with Crippen LogP contribution in [-0.4, -0.2) is 15.0 Å². The van der Waals surface area contributed by atoms with Gasteiger partial charge in [0.15, 0.2) is 0 Å². The lowest BCUT2D eigenvalue weighted by Crippen LogP contribution is -1.95. The molecule has 0 unspecified atom stereocenters. The predicted octanol–water partition coefficient (Wildman–Crippen LogP) is 2.53. The Kier molecular flexibility index (Phi) is 2.39. The third-order valence-corrected chi connectivity index (χ3v) is 2.94. The van der Waals surface area contributed by atoms with Crippen LogP contribution in [0.4, 0.5) is 0 Å². The molecule has 0 radical (unpaired) electrons. The van der Waals surface area contributed by atoms with Crippen molar-refractivity contribution >= 4 is 28.2 Å². The Balaban J connectivity index is 2.50. The first-order valence-electron chi connectivity index (χ1n) is 3.96. The van der Waals surface area contributed by atoms with Crippen LogP contribution in [0.2, 0.25) is 0 Å². The van der Waals surface area contributed by atoms with E-state index in [2.05, 4.69) is 5.10 Å². The molecule has 3 nitrogen and oxygen atoms in total. The lowest BCUT2D eigenvalue weighted by Gasteiger charge is -1.95. The summed E-state index contributed by atoms with van der Waals surface area (Å²) in [6, 6.07) is 5.63. The first kappa shape index (κ1) is 9.43. The van der Waals surface area contributed by atoms with Crippen LogP contribution in [0.25, 0.3) is 10.6 Å². The van der Waals surface area contributed by atoms with E-state index in [1.165, 1.54) is 0 Å². The van der Waals surface area contributed by atoms with E-state index in [1.54, 1.807) is 29.1 Å². The standard InChI is InChI=1S/C9H7ClN2OS/c1-12-7(8-3-2-4-14-8)5-6(11-12)9(10)13/h2-5H,1H3. The molecule has 0 aliphatic rings. The van der Waals surface area contributed by atoms with E-state index in [1.807, 2.05) is 17.5 Å². The van der Waals surface area contributed by atoms with Crippen LogP contribution in [-0.2, 0) is 7.05 Å². The molecule has 0 saturated heterocycles. The van der Waals surface area contributed by atoms with Crippen LogP contribution in [0.3, 0.4) is 0 Å². The van der Waals surface area contributed by atoms with Crippen molar-refractivity contribution < 1.29 is 4.79 Å². The maximum absolute atomic E-state index is 10.9. The van der Waals surface area contributed by atoms with Gasteiger partial charge in [-0.15, -0.1) is 11.3 Å². The summed E-state index contributed by atoms with van der Waals surface area (Å²) < 4.78 is 1.65. The summed E-state index contributed by atoms with van der Waals surface area (Å²) in [6.07, 6.45) is 0. The summed E-state index contributed by atoms with van der Waals surface area (Å²) in [5.41, 5.74) is 1.20. The topological polar surface area (TPSA) is 34.9 Å². The number of hydrogen-bond donors (Lipinski definition) is 0. The van der Waals surface area contributed by atoms with E-state index >= 15 is 0 Å². The van der Waals surface area contributed by atoms with E-state index in [0.29, 0.717) is 0 Å². The van der Waals surface area contributed by atoms with E-state index in [-0.39, 0.29) is 5.69 Å². The van der Waals surface area contributed by atoms with Gasteiger partial charge in [-0.3, -0.25) is 9.48 Å². The molecule has 2 rings (SSSR count). The maximum Gasteiger partial charge on any atom is 0.272 e. The van der Waals surface area contributed by atoms with Crippen LogP contribution in [0.1, 0.15) is 10.5 Å². The number of hydrogen-bond acceptors (Lipinski definition) is 3. The minimum absolute atomic E-state index is 0.289. The van der Waals surface area contributed by atoms with Gasteiger partial charge in [0.05, 0.1) is 10.6 Å². The van der Waals surface area contributed by atoms with Crippen molar-refractivity contribution in [2.75, 3.05) is 0 Å². The van der Waals surface area contributed by atoms with Gasteiger partial charge < -0.3 is 0 Å². The summed E-state index contributed by atoms with van der Waals surface area (Å²) in [5.74, 6) is 0. The second-order valence-corrected chi connectivity index (χ2v) is 4.08. The zero-order chi connectivity index (χ0) is 10.1. The second kappa shape index (κ2) is 3.55. The molecule has 0 amide bonds. The molecule has 0 bridgehead atoms. The number of carbonyl (C=O) groups is 1. The van der Waals surface area contributed by atoms with Crippen LogP contribution in [0.5, 0.6) is 0 Å². The number of carbonyl (C=O) groups excluding carboxylic acids is 1. The first-order chi connectivity index (χ1) is 6.68. The predicted molar refractivity (Wildman–Crippen MR) is 56.7 cm³/mol. The molecule has 0 fully saturated rings. The molecule has 0 atom stereocenters. The van der Waals surface area contributed by atoms with Gasteiger partial charge in [0.1, 0.15) is 5.69 Å². The molecular weight excluding hydrogens is 220 g/mol. The van der Waals surface area contributed by atoms with E-state index < -0.39 is 5.24 Å². The van der Waals surface area contributed by atoms with E-state index in [4.69, 9.17) is 11.6 Å². The minimum Gasteiger partial charge on any atom is -0.274 e. The number of nitrogens with zero attached hydrogens (tertiary/aromatic N) is 2. The lowest BCUT2D eigenvalue weighted by molar-refractivity contribution is 0.107. The van der Waals surface area contributed by atoms with Crippen LogP contribution >= 0.6 is 22.9 Å². The third kappa shape index (κ3) is 1.58. The Morgan fingerprint density at radius 3 is 2.93 bits per heavy atom. The van der Waals surface area contributed by atoms with Crippen LogP contribution in [0, 0.1) is 0 Å². The SMILES string of the molecule is Cn1nc(C(=O)Cl)cc1-c1cccs1. The number of halogens is 1. The summed E-state index contributed by atoms with van der Waals surface area (Å²) >= 11 is 6.94. The molecule has 5 heteroatoms. The fourth-order valence-electron chi connectivity index (χ4n) is 1.22. The number of aromatic nitrogens is 2. The molecule has 2 heterocycles. The van der Waals surface area contributed by atoms with Crippen molar-refractivity contribution in [2.24, 2.45) is 7.05 Å². The van der Waals surface area contributed by atoms with Gasteiger partial charge in [-0.1, -0.05) is 6.07 Å². The normalized spacial score (nSPS) is 10.4. The fraction of sp³-hybridized carbons (Fsp3) is 0.111. The van der Waals surface area contributed by atoms with Crippen molar-refractivity contribution in [2.45, 2.75) is 0 Å². The van der Waals surface area contributed by atoms with Crippen molar-refractivity contribution in [3.05, 3.63) is 29.3 Å². The van der Waals surface area contributed by atoms with Crippen molar-refractivity contribution in [3.63, 3.8) is 0 Å². The summed E-state index contributed by atoms with van der Waals surface area (Å²) in [4.78, 5) is 11.9. The fourth-order valence-corrected chi connectivity index (χ4v) is 2.08. The molecular formula is C9H7ClN2OS. The molecule has 0 aliphatic heterocycles. The zero-order valence-electron chi connectivity index (χ0n) is 7.40. The second-order valence-electron chi connectivity index (χ2n) is 2.79. The largest absolute Gasteiger partial charge is 0.274 e. The third-order valence-electron chi connectivity index (χ3n) is 1.85. The van der Waals surface area contributed by atoms with Crippen molar-refractivity contribution in [3.8, 4) is 10.6 Å². The number of aryl methyl sites for hydroxylation is 1. The Hall–Kier alpha value is -1.13. The Morgan fingerprint density at radius 1 is 1.64 bits per heavy atom. The van der Waals surface area contributed by atoms with Crippen molar-refractivity contribution in [1.82, 2.24) is 9.78 Å². The van der Waals surface area contributed by atoms with Gasteiger partial charge in [-0.2, -0.15) is 5.10 Å². The molecule has 72 valence electrons. The molecule has 14 heavy (non-hydrogen) atoms. The van der Waals surface area contributed by atoms with Gasteiger partial charge in [-0.25, -0.2) is 0 Å². The van der Waals surface area contributed by atoms with Gasteiger partial charge in [0, 0.05) is 7.05 Å². The van der Waals surface area contributed by atoms with Crippen LogP contribution < -0.4 is 0 Å². The summed E-state index contributed by atoms with van der Waals surface area (Å²) in [5, 5.41) is 5.46. The molecule has 0 spiro atoms. The molecule has 0 aliphatic carbocycles. The highest BCUT2D eigenvalue weighted by molar-refractivity contribution is 7.13. The Labute approximate surface area is 89.9 Å². The molecule has 0 saturated carbocycles. The first-order valence-corrected chi connectivity index (χ1v) is 5.22. The average molecular weight is 227 g/mol. The molecule has 0 N–H and O–H groups in total. The smallest absolute Gasteiger partial charge is 0.272 e. The zero-order valence-corrected chi connectivity index (χ0v) is 8.97. The highest BCUT2D eigenvalue weighted by atomic mass is 35.5. The summed E-state index contributed by atoms with van der Waals surface area (Å²) in [6.45, 7) is 0. The quantitative estimate of drug-likeness (QED) is 0.738. The van der Waals surface area contributed by atoms with Crippen molar-refractivity contribution in [1.29, 1.82) is 0 Å². The maximum atomic E-state index is 10.9. The number of thiophene rings is 1. The van der Waals surface area contributed by atoms with Crippen LogP contribution in [0.15, 0.2) is 23.6 Å². The van der Waals surface area contributed by atoms with Gasteiger partial charge in [-0.05, 0) is 29.1 Å². The van der Waals surface area contributed by atoms with E-state index in [0.717, 1.165) is 10.6 Å². The summed E-state index contributed by atoms with van der Waals surface area (Å²) in [7, 11) is 1.79. The molecule has 0 aromatic carbocycles. The number of rotatable bonds is 2. The molecule has 2 aromatic rings. The minimum atomic E-state index is -0.525. The Morgan fingerprint density at radius 2 is 2.43 bits per heavy atom. The van der Waals surface area contributed by atoms with Gasteiger partial charge >= 0.3 is 0 Å². The lowest BCUT2D eigenvalue weighted by atomic mass is 10.3. The highest BCUT2D eigenvalue weighted by Gasteiger charge is 2.11. The average Bonchev–Trinajstić information content (AvgIpc) is 2.71. The van der Waals surface area contributed by atoms with Gasteiger partial charge in [0.25, 0.3) is 5.24 Å². The highest BCUT2D eigenvalue weighted by Crippen LogP contribution is 2.25.